The van der Waals surface area contributed by atoms with Crippen LogP contribution in [0.25, 0.3) is 0 Å². The molecule has 0 saturated heterocycles. The number of carbonyl (C=O) groups is 2. The molecule has 1 aliphatic heterocycles. The van der Waals surface area contributed by atoms with Gasteiger partial charge in [0.15, 0.2) is 0 Å². The lowest BCUT2D eigenvalue weighted by Gasteiger charge is -2.31. The molecule has 0 spiro atoms. The first kappa shape index (κ1) is 23.4. The Morgan fingerprint density at radius 3 is 2.19 bits per heavy atom. The zero-order valence-electron chi connectivity index (χ0n) is 17.0. The Morgan fingerprint density at radius 2 is 1.62 bits per heavy atom. The van der Waals surface area contributed by atoms with E-state index < -0.39 is 48.0 Å². The van der Waals surface area contributed by atoms with E-state index in [9.17, 15) is 35.9 Å². The first-order chi connectivity index (χ1) is 14.8. The van der Waals surface area contributed by atoms with Crippen LogP contribution in [0.15, 0.2) is 42.5 Å². The molecule has 0 saturated carbocycles. The number of benzene rings is 2. The molecule has 0 aliphatic carbocycles. The average Bonchev–Trinajstić information content (AvgIpc) is 2.82. The molecule has 3 rings (SSSR count). The van der Waals surface area contributed by atoms with E-state index in [-0.39, 0.29) is 18.2 Å². The van der Waals surface area contributed by atoms with Crippen molar-refractivity contribution in [2.75, 3.05) is 18.9 Å². The molecule has 0 bridgehead atoms. The molecule has 0 fully saturated rings. The van der Waals surface area contributed by atoms with Crippen LogP contribution < -0.4 is 5.32 Å². The number of amides is 3. The van der Waals surface area contributed by atoms with Crippen molar-refractivity contribution in [1.82, 2.24) is 9.80 Å². The standard InChI is InChI=1S/C21H19F6N3O2/c1-12-16-5-3-4-6-17(16)28-18(31)11-30(12)19(32)29(2)10-13-7-14(20(22,23)24)9-15(8-13)21(25,26)27/h3-9,12H,10-11H2,1-2H3,(H,28,31). The highest BCUT2D eigenvalue weighted by atomic mass is 19.4. The van der Waals surface area contributed by atoms with E-state index in [0.717, 1.165) is 4.90 Å². The summed E-state index contributed by atoms with van der Waals surface area (Å²) in [6.07, 6.45) is -9.97. The number of hydrogen-bond acceptors (Lipinski definition) is 2. The van der Waals surface area contributed by atoms with Crippen LogP contribution >= 0.6 is 0 Å². The van der Waals surface area contributed by atoms with Crippen LogP contribution in [0.1, 0.15) is 35.2 Å². The number of nitrogens with one attached hydrogen (secondary N) is 1. The fraction of sp³-hybridized carbons (Fsp3) is 0.333. The van der Waals surface area contributed by atoms with E-state index in [1.165, 1.54) is 11.9 Å². The molecule has 32 heavy (non-hydrogen) atoms. The maximum Gasteiger partial charge on any atom is 0.416 e. The van der Waals surface area contributed by atoms with Gasteiger partial charge in [-0.05, 0) is 42.3 Å². The first-order valence-corrected chi connectivity index (χ1v) is 9.46. The summed E-state index contributed by atoms with van der Waals surface area (Å²) in [5, 5.41) is 2.67. The minimum Gasteiger partial charge on any atom is -0.324 e. The van der Waals surface area contributed by atoms with Crippen LogP contribution in [0.2, 0.25) is 0 Å². The highest BCUT2D eigenvalue weighted by Crippen LogP contribution is 2.37. The van der Waals surface area contributed by atoms with Crippen molar-refractivity contribution in [3.63, 3.8) is 0 Å². The molecule has 5 nitrogen and oxygen atoms in total. The fourth-order valence-electron chi connectivity index (χ4n) is 3.53. The number of urea groups is 1. The van der Waals surface area contributed by atoms with Crippen LogP contribution in [0.3, 0.4) is 0 Å². The molecule has 1 unspecified atom stereocenters. The smallest absolute Gasteiger partial charge is 0.324 e. The van der Waals surface area contributed by atoms with Crippen molar-refractivity contribution < 1.29 is 35.9 Å². The lowest BCUT2D eigenvalue weighted by atomic mass is 10.0. The van der Waals surface area contributed by atoms with E-state index in [2.05, 4.69) is 5.32 Å². The molecule has 172 valence electrons. The van der Waals surface area contributed by atoms with E-state index in [4.69, 9.17) is 0 Å². The second-order valence-corrected chi connectivity index (χ2v) is 7.49. The fourth-order valence-corrected chi connectivity index (χ4v) is 3.53. The van der Waals surface area contributed by atoms with Gasteiger partial charge >= 0.3 is 18.4 Å². The zero-order chi connectivity index (χ0) is 23.8. The number of halogens is 6. The number of carbonyl (C=O) groups excluding carboxylic acids is 2. The minimum atomic E-state index is -4.99. The first-order valence-electron chi connectivity index (χ1n) is 9.46. The van der Waals surface area contributed by atoms with E-state index >= 15 is 0 Å². The van der Waals surface area contributed by atoms with Crippen molar-refractivity contribution in [2.24, 2.45) is 0 Å². The lowest BCUT2D eigenvalue weighted by molar-refractivity contribution is -0.143. The van der Waals surface area contributed by atoms with Gasteiger partial charge in [-0.3, -0.25) is 4.79 Å². The molecular formula is C21H19F6N3O2. The Morgan fingerprint density at radius 1 is 1.06 bits per heavy atom. The third-order valence-electron chi connectivity index (χ3n) is 5.11. The summed E-state index contributed by atoms with van der Waals surface area (Å²) in [4.78, 5) is 27.4. The Labute approximate surface area is 179 Å². The van der Waals surface area contributed by atoms with Gasteiger partial charge in [0.2, 0.25) is 5.91 Å². The van der Waals surface area contributed by atoms with Crippen LogP contribution in [-0.2, 0) is 23.7 Å². The number of nitrogens with zero attached hydrogens (tertiary/aromatic N) is 2. The maximum absolute atomic E-state index is 13.1. The SMILES string of the molecule is CC1c2ccccc2NC(=O)CN1C(=O)N(C)Cc1cc(C(F)(F)F)cc(C(F)(F)F)c1. The van der Waals surface area contributed by atoms with Crippen molar-refractivity contribution in [3.05, 3.63) is 64.7 Å². The summed E-state index contributed by atoms with van der Waals surface area (Å²) >= 11 is 0. The van der Waals surface area contributed by atoms with Gasteiger partial charge in [-0.15, -0.1) is 0 Å². The van der Waals surface area contributed by atoms with Crippen molar-refractivity contribution in [2.45, 2.75) is 31.9 Å². The number of anilines is 1. The normalized spacial score (nSPS) is 16.8. The van der Waals surface area contributed by atoms with Crippen molar-refractivity contribution in [3.8, 4) is 0 Å². The Kier molecular flexibility index (Phi) is 6.12. The Balaban J connectivity index is 1.89. The van der Waals surface area contributed by atoms with Gasteiger partial charge < -0.3 is 15.1 Å². The van der Waals surface area contributed by atoms with E-state index in [1.54, 1.807) is 31.2 Å². The summed E-state index contributed by atoms with van der Waals surface area (Å²) in [5.74, 6) is -0.470. The summed E-state index contributed by atoms with van der Waals surface area (Å²) in [6, 6.07) is 6.73. The molecule has 2 aromatic rings. The zero-order valence-corrected chi connectivity index (χ0v) is 17.0. The third kappa shape index (κ3) is 4.97. The summed E-state index contributed by atoms with van der Waals surface area (Å²) in [6.45, 7) is 0.838. The summed E-state index contributed by atoms with van der Waals surface area (Å²) < 4.78 is 78.6. The maximum atomic E-state index is 13.1. The van der Waals surface area contributed by atoms with Crippen LogP contribution in [0, 0.1) is 0 Å². The van der Waals surface area contributed by atoms with E-state index in [0.29, 0.717) is 23.4 Å². The topological polar surface area (TPSA) is 52.7 Å². The molecule has 1 atom stereocenters. The van der Waals surface area contributed by atoms with Gasteiger partial charge in [0.05, 0.1) is 17.2 Å². The number of hydrogen-bond donors (Lipinski definition) is 1. The summed E-state index contributed by atoms with van der Waals surface area (Å²) in [5.41, 5.74) is -2.08. The number of rotatable bonds is 2. The molecule has 3 amide bonds. The van der Waals surface area contributed by atoms with Crippen LogP contribution in [0.4, 0.5) is 36.8 Å². The monoisotopic (exact) mass is 459 g/mol. The molecule has 1 aliphatic rings. The van der Waals surface area contributed by atoms with Gasteiger partial charge in [0.1, 0.15) is 6.54 Å². The third-order valence-corrected chi connectivity index (χ3v) is 5.11. The van der Waals surface area contributed by atoms with Crippen molar-refractivity contribution in [1.29, 1.82) is 0 Å². The molecule has 0 aromatic heterocycles. The highest BCUT2D eigenvalue weighted by molar-refractivity contribution is 5.96. The second-order valence-electron chi connectivity index (χ2n) is 7.49. The van der Waals surface area contributed by atoms with Crippen molar-refractivity contribution >= 4 is 17.6 Å². The number of para-hydroxylation sites is 1. The molecular weight excluding hydrogens is 440 g/mol. The van der Waals surface area contributed by atoms with Crippen LogP contribution in [0.5, 0.6) is 0 Å². The van der Waals surface area contributed by atoms with Gasteiger partial charge in [-0.25, -0.2) is 4.79 Å². The van der Waals surface area contributed by atoms with Gasteiger partial charge in [0.25, 0.3) is 0 Å². The second kappa shape index (κ2) is 8.36. The predicted octanol–water partition coefficient (Wildman–Crippen LogP) is 5.29. The molecule has 0 radical (unpaired) electrons. The predicted molar refractivity (Wildman–Crippen MR) is 104 cm³/mol. The molecule has 2 aromatic carbocycles. The van der Waals surface area contributed by atoms with Gasteiger partial charge in [-0.1, -0.05) is 18.2 Å². The van der Waals surface area contributed by atoms with Gasteiger partial charge in [0, 0.05) is 19.3 Å². The Bertz CT molecular complexity index is 1000. The highest BCUT2D eigenvalue weighted by Gasteiger charge is 2.37. The summed E-state index contributed by atoms with van der Waals surface area (Å²) in [7, 11) is 1.25. The van der Waals surface area contributed by atoms with Crippen LogP contribution in [-0.4, -0.2) is 35.3 Å². The molecule has 11 heteroatoms. The average molecular weight is 459 g/mol. The largest absolute Gasteiger partial charge is 0.416 e. The van der Waals surface area contributed by atoms with E-state index in [1.807, 2.05) is 0 Å². The Hall–Kier alpha value is -3.24. The number of alkyl halides is 6. The molecule has 1 heterocycles. The minimum absolute atomic E-state index is 0.0312. The van der Waals surface area contributed by atoms with Gasteiger partial charge in [-0.2, -0.15) is 26.3 Å². The quantitative estimate of drug-likeness (QED) is 0.621. The molecule has 1 N–H and O–H groups in total. The number of fused-ring (bicyclic) bond motifs is 1. The lowest BCUT2D eigenvalue weighted by Crippen LogP contribution is -2.44.